The van der Waals surface area contributed by atoms with Crippen LogP contribution in [-0.2, 0) is 13.1 Å². The zero-order valence-electron chi connectivity index (χ0n) is 10.00. The number of aromatic nitrogens is 4. The van der Waals surface area contributed by atoms with E-state index in [4.69, 9.17) is 0 Å². The Kier molecular flexibility index (Phi) is 3.85. The number of nitrogens with zero attached hydrogens (tertiary/aromatic N) is 4. The predicted octanol–water partition coefficient (Wildman–Crippen LogP) is 1.01. The maximum atomic E-state index is 11.6. The average Bonchev–Trinajstić information content (AvgIpc) is 2.85. The molecule has 18 heavy (non-hydrogen) atoms. The quantitative estimate of drug-likeness (QED) is 0.843. The summed E-state index contributed by atoms with van der Waals surface area (Å²) in [6, 6.07) is 3.15. The number of nitrogens with one attached hydrogen (secondary N) is 2. The summed E-state index contributed by atoms with van der Waals surface area (Å²) in [6.45, 7) is 3.10. The number of pyridine rings is 1. The molecule has 0 unspecified atom stereocenters. The van der Waals surface area contributed by atoms with Crippen molar-refractivity contribution in [3.05, 3.63) is 36.7 Å². The molecule has 2 aromatic rings. The number of hydrogen-bond acceptors (Lipinski definition) is 4. The summed E-state index contributed by atoms with van der Waals surface area (Å²) in [5, 5.41) is 13.1. The average molecular weight is 246 g/mol. The zero-order valence-corrected chi connectivity index (χ0v) is 10.00. The van der Waals surface area contributed by atoms with Gasteiger partial charge in [-0.1, -0.05) is 0 Å². The number of hydrogen-bond donors (Lipinski definition) is 2. The molecule has 0 saturated carbocycles. The number of carbonyl (C=O) groups is 1. The van der Waals surface area contributed by atoms with E-state index in [0.29, 0.717) is 12.2 Å². The molecular formula is C11H14N6O. The summed E-state index contributed by atoms with van der Waals surface area (Å²) in [5.74, 6) is 0.724. The van der Waals surface area contributed by atoms with Crippen molar-refractivity contribution in [1.29, 1.82) is 0 Å². The van der Waals surface area contributed by atoms with Gasteiger partial charge >= 0.3 is 6.03 Å². The molecule has 0 aliphatic carbocycles. The van der Waals surface area contributed by atoms with Gasteiger partial charge in [0.05, 0.1) is 6.54 Å². The lowest BCUT2D eigenvalue weighted by Crippen LogP contribution is -2.29. The van der Waals surface area contributed by atoms with Crippen LogP contribution in [0.1, 0.15) is 12.7 Å². The monoisotopic (exact) mass is 246 g/mol. The molecule has 0 atom stereocenters. The highest BCUT2D eigenvalue weighted by Gasteiger charge is 2.05. The second kappa shape index (κ2) is 5.76. The summed E-state index contributed by atoms with van der Waals surface area (Å²) < 4.78 is 1.87. The first kappa shape index (κ1) is 12.0. The zero-order chi connectivity index (χ0) is 12.8. The van der Waals surface area contributed by atoms with Crippen molar-refractivity contribution in [2.75, 3.05) is 5.32 Å². The Labute approximate surface area is 104 Å². The van der Waals surface area contributed by atoms with Crippen LogP contribution in [0.3, 0.4) is 0 Å². The third-order valence-corrected chi connectivity index (χ3v) is 2.38. The summed E-state index contributed by atoms with van der Waals surface area (Å²) in [5.41, 5.74) is 0.694. The Morgan fingerprint density at radius 2 is 2.17 bits per heavy atom. The second-order valence-electron chi connectivity index (χ2n) is 3.58. The Morgan fingerprint density at radius 1 is 1.39 bits per heavy atom. The first-order chi connectivity index (χ1) is 8.79. The predicted molar refractivity (Wildman–Crippen MR) is 65.8 cm³/mol. The van der Waals surface area contributed by atoms with Crippen LogP contribution in [0.4, 0.5) is 10.5 Å². The first-order valence-corrected chi connectivity index (χ1v) is 5.61. The van der Waals surface area contributed by atoms with Crippen LogP contribution in [0.2, 0.25) is 0 Å². The number of aryl methyl sites for hydroxylation is 1. The summed E-state index contributed by atoms with van der Waals surface area (Å²) in [4.78, 5) is 15.5. The first-order valence-electron chi connectivity index (χ1n) is 5.61. The van der Waals surface area contributed by atoms with Crippen LogP contribution < -0.4 is 10.6 Å². The van der Waals surface area contributed by atoms with Gasteiger partial charge in [0.15, 0.2) is 5.82 Å². The van der Waals surface area contributed by atoms with Gasteiger partial charge in [0.2, 0.25) is 0 Å². The van der Waals surface area contributed by atoms with Crippen molar-refractivity contribution < 1.29 is 4.79 Å². The number of amides is 2. The molecule has 2 aromatic heterocycles. The summed E-state index contributed by atoms with van der Waals surface area (Å²) in [7, 11) is 0. The molecule has 0 radical (unpaired) electrons. The molecule has 0 aliphatic rings. The van der Waals surface area contributed by atoms with Gasteiger partial charge < -0.3 is 15.2 Å². The van der Waals surface area contributed by atoms with Gasteiger partial charge in [-0.15, -0.1) is 10.2 Å². The molecule has 2 N–H and O–H groups in total. The highest BCUT2D eigenvalue weighted by molar-refractivity contribution is 5.88. The second-order valence-corrected chi connectivity index (χ2v) is 3.58. The summed E-state index contributed by atoms with van der Waals surface area (Å²) in [6.07, 6.45) is 4.87. The fourth-order valence-corrected chi connectivity index (χ4v) is 1.45. The molecule has 2 amide bonds. The Morgan fingerprint density at radius 3 is 2.89 bits per heavy atom. The van der Waals surface area contributed by atoms with E-state index in [1.807, 2.05) is 11.5 Å². The SMILES string of the molecule is CCn1cnnc1CNC(=O)Nc1ccncc1. The minimum atomic E-state index is -0.285. The van der Waals surface area contributed by atoms with Gasteiger partial charge in [-0.3, -0.25) is 4.98 Å². The highest BCUT2D eigenvalue weighted by Crippen LogP contribution is 2.02. The lowest BCUT2D eigenvalue weighted by molar-refractivity contribution is 0.251. The fraction of sp³-hybridized carbons (Fsp3) is 0.273. The summed E-state index contributed by atoms with van der Waals surface area (Å²) >= 11 is 0. The van der Waals surface area contributed by atoms with Crippen LogP contribution in [0.25, 0.3) is 0 Å². The molecule has 7 heteroatoms. The van der Waals surface area contributed by atoms with Crippen molar-refractivity contribution in [1.82, 2.24) is 25.1 Å². The Balaban J connectivity index is 1.85. The number of carbonyl (C=O) groups excluding carboxylic acids is 1. The molecule has 0 fully saturated rings. The smallest absolute Gasteiger partial charge is 0.319 e. The molecule has 0 bridgehead atoms. The number of anilines is 1. The van der Waals surface area contributed by atoms with E-state index < -0.39 is 0 Å². The molecule has 94 valence electrons. The van der Waals surface area contributed by atoms with Gasteiger partial charge in [-0.05, 0) is 19.1 Å². The van der Waals surface area contributed by atoms with E-state index in [9.17, 15) is 4.79 Å². The van der Waals surface area contributed by atoms with E-state index in [1.165, 1.54) is 0 Å². The standard InChI is InChI=1S/C11H14N6O/c1-2-17-8-14-16-10(17)7-13-11(18)15-9-3-5-12-6-4-9/h3-6,8H,2,7H2,1H3,(H2,12,13,15,18). The van der Waals surface area contributed by atoms with Crippen molar-refractivity contribution in [2.24, 2.45) is 0 Å². The molecule has 0 saturated heterocycles. The molecule has 0 aliphatic heterocycles. The van der Waals surface area contributed by atoms with Gasteiger partial charge in [-0.25, -0.2) is 4.79 Å². The lowest BCUT2D eigenvalue weighted by atomic mass is 10.4. The molecule has 2 heterocycles. The number of rotatable bonds is 4. The van der Waals surface area contributed by atoms with Crippen molar-refractivity contribution in [3.8, 4) is 0 Å². The topological polar surface area (TPSA) is 84.7 Å². The largest absolute Gasteiger partial charge is 0.331 e. The van der Waals surface area contributed by atoms with Crippen molar-refractivity contribution >= 4 is 11.7 Å². The van der Waals surface area contributed by atoms with Crippen LogP contribution >= 0.6 is 0 Å². The van der Waals surface area contributed by atoms with Gasteiger partial charge in [-0.2, -0.15) is 0 Å². The van der Waals surface area contributed by atoms with E-state index in [1.54, 1.807) is 30.9 Å². The van der Waals surface area contributed by atoms with E-state index in [-0.39, 0.29) is 6.03 Å². The molecule has 2 rings (SSSR count). The third-order valence-electron chi connectivity index (χ3n) is 2.38. The highest BCUT2D eigenvalue weighted by atomic mass is 16.2. The van der Waals surface area contributed by atoms with Gasteiger partial charge in [0.1, 0.15) is 6.33 Å². The van der Waals surface area contributed by atoms with Crippen LogP contribution in [0, 0.1) is 0 Å². The Bertz CT molecular complexity index is 509. The molecule has 0 aromatic carbocycles. The minimum absolute atomic E-state index is 0.285. The molecule has 0 spiro atoms. The molecular weight excluding hydrogens is 232 g/mol. The van der Waals surface area contributed by atoms with Crippen molar-refractivity contribution in [3.63, 3.8) is 0 Å². The van der Waals surface area contributed by atoms with Crippen LogP contribution in [-0.4, -0.2) is 25.8 Å². The Hall–Kier alpha value is -2.44. The normalized spacial score (nSPS) is 10.1. The fourth-order valence-electron chi connectivity index (χ4n) is 1.45. The van der Waals surface area contributed by atoms with Crippen LogP contribution in [0.15, 0.2) is 30.9 Å². The minimum Gasteiger partial charge on any atom is -0.331 e. The van der Waals surface area contributed by atoms with E-state index in [0.717, 1.165) is 12.4 Å². The van der Waals surface area contributed by atoms with Crippen LogP contribution in [0.5, 0.6) is 0 Å². The number of urea groups is 1. The van der Waals surface area contributed by atoms with E-state index >= 15 is 0 Å². The van der Waals surface area contributed by atoms with Gasteiger partial charge in [0, 0.05) is 24.6 Å². The molecule has 7 nitrogen and oxygen atoms in total. The third kappa shape index (κ3) is 3.03. The van der Waals surface area contributed by atoms with Crippen molar-refractivity contribution in [2.45, 2.75) is 20.0 Å². The maximum absolute atomic E-state index is 11.6. The van der Waals surface area contributed by atoms with Gasteiger partial charge in [0.25, 0.3) is 0 Å². The lowest BCUT2D eigenvalue weighted by Gasteiger charge is -2.07. The maximum Gasteiger partial charge on any atom is 0.319 e. The van der Waals surface area contributed by atoms with E-state index in [2.05, 4.69) is 25.8 Å².